The third-order valence-electron chi connectivity index (χ3n) is 2.00. The second kappa shape index (κ2) is 3.16. The van der Waals surface area contributed by atoms with Gasteiger partial charge in [0.1, 0.15) is 5.69 Å². The summed E-state index contributed by atoms with van der Waals surface area (Å²) in [6, 6.07) is 3.04. The SMILES string of the molecule is O=C1C=CC(=O)c2nc(CO)ccc21. The van der Waals surface area contributed by atoms with Gasteiger partial charge in [0.15, 0.2) is 5.78 Å². The van der Waals surface area contributed by atoms with Gasteiger partial charge in [-0.2, -0.15) is 0 Å². The second-order valence-corrected chi connectivity index (χ2v) is 2.92. The zero-order valence-electron chi connectivity index (χ0n) is 7.23. The number of allylic oxidation sites excluding steroid dienone is 2. The summed E-state index contributed by atoms with van der Waals surface area (Å²) in [5.74, 6) is -0.522. The van der Waals surface area contributed by atoms with E-state index in [4.69, 9.17) is 5.11 Å². The topological polar surface area (TPSA) is 67.3 Å². The summed E-state index contributed by atoms with van der Waals surface area (Å²) < 4.78 is 0. The zero-order valence-corrected chi connectivity index (χ0v) is 7.23. The summed E-state index contributed by atoms with van der Waals surface area (Å²) >= 11 is 0. The monoisotopic (exact) mass is 189 g/mol. The van der Waals surface area contributed by atoms with Crippen molar-refractivity contribution in [2.45, 2.75) is 6.61 Å². The van der Waals surface area contributed by atoms with E-state index in [1.165, 1.54) is 24.3 Å². The maximum absolute atomic E-state index is 11.3. The molecule has 0 aliphatic heterocycles. The summed E-state index contributed by atoms with van der Waals surface area (Å²) in [4.78, 5) is 26.5. The van der Waals surface area contributed by atoms with Crippen LogP contribution in [0.1, 0.15) is 26.5 Å². The molecule has 0 atom stereocenters. The Morgan fingerprint density at radius 3 is 2.57 bits per heavy atom. The molecule has 0 amide bonds. The molecule has 1 N–H and O–H groups in total. The van der Waals surface area contributed by atoms with Gasteiger partial charge in [-0.15, -0.1) is 0 Å². The lowest BCUT2D eigenvalue weighted by Gasteiger charge is -2.08. The van der Waals surface area contributed by atoms with Crippen LogP contribution in [0.15, 0.2) is 24.3 Å². The fraction of sp³-hybridized carbons (Fsp3) is 0.100. The number of pyridine rings is 1. The minimum Gasteiger partial charge on any atom is -0.390 e. The van der Waals surface area contributed by atoms with Crippen LogP contribution in [0, 0.1) is 0 Å². The van der Waals surface area contributed by atoms with Crippen molar-refractivity contribution >= 4 is 11.6 Å². The first-order chi connectivity index (χ1) is 6.72. The highest BCUT2D eigenvalue weighted by Gasteiger charge is 2.20. The molecule has 70 valence electrons. The molecule has 1 aliphatic carbocycles. The molecule has 2 rings (SSSR count). The van der Waals surface area contributed by atoms with Crippen LogP contribution in [0.5, 0.6) is 0 Å². The first-order valence-corrected chi connectivity index (χ1v) is 4.10. The van der Waals surface area contributed by atoms with Gasteiger partial charge in [-0.25, -0.2) is 4.98 Å². The van der Waals surface area contributed by atoms with Crippen molar-refractivity contribution in [2.24, 2.45) is 0 Å². The van der Waals surface area contributed by atoms with E-state index in [-0.39, 0.29) is 23.9 Å². The first-order valence-electron chi connectivity index (χ1n) is 4.10. The molecular formula is C10H7NO3. The lowest BCUT2D eigenvalue weighted by molar-refractivity contribution is 0.0990. The Balaban J connectivity index is 2.61. The molecule has 14 heavy (non-hydrogen) atoms. The number of carbonyl (C=O) groups excluding carboxylic acids is 2. The Kier molecular flexibility index (Phi) is 1.98. The normalized spacial score (nSPS) is 14.4. The predicted molar refractivity (Wildman–Crippen MR) is 48.0 cm³/mol. The van der Waals surface area contributed by atoms with E-state index < -0.39 is 0 Å². The predicted octanol–water partition coefficient (Wildman–Crippen LogP) is 0.509. The van der Waals surface area contributed by atoms with E-state index in [0.717, 1.165) is 0 Å². The summed E-state index contributed by atoms with van der Waals surface area (Å²) in [7, 11) is 0. The molecular weight excluding hydrogens is 182 g/mol. The van der Waals surface area contributed by atoms with E-state index in [1.54, 1.807) is 0 Å². The van der Waals surface area contributed by atoms with Gasteiger partial charge in [0, 0.05) is 0 Å². The minimum atomic E-state index is -0.296. The van der Waals surface area contributed by atoms with Gasteiger partial charge in [-0.05, 0) is 24.3 Å². The zero-order chi connectivity index (χ0) is 10.1. The van der Waals surface area contributed by atoms with Crippen molar-refractivity contribution in [1.82, 2.24) is 4.98 Å². The number of ketones is 2. The number of rotatable bonds is 1. The maximum atomic E-state index is 11.3. The molecule has 1 heterocycles. The average molecular weight is 189 g/mol. The number of hydrogen-bond donors (Lipinski definition) is 1. The number of aromatic nitrogens is 1. The second-order valence-electron chi connectivity index (χ2n) is 2.92. The van der Waals surface area contributed by atoms with E-state index in [1.807, 2.05) is 0 Å². The molecule has 0 saturated heterocycles. The molecule has 1 aliphatic rings. The Labute approximate surface area is 79.9 Å². The largest absolute Gasteiger partial charge is 0.390 e. The van der Waals surface area contributed by atoms with Crippen LogP contribution in [0.3, 0.4) is 0 Å². The van der Waals surface area contributed by atoms with E-state index in [0.29, 0.717) is 11.3 Å². The summed E-state index contributed by atoms with van der Waals surface area (Å²) in [5, 5.41) is 8.81. The summed E-state index contributed by atoms with van der Waals surface area (Å²) in [6.45, 7) is -0.238. The summed E-state index contributed by atoms with van der Waals surface area (Å²) in [5.41, 5.74) is 0.818. The molecule has 0 fully saturated rings. The number of fused-ring (bicyclic) bond motifs is 1. The molecule has 0 unspecified atom stereocenters. The van der Waals surface area contributed by atoms with Gasteiger partial charge >= 0.3 is 0 Å². The van der Waals surface area contributed by atoms with Crippen molar-refractivity contribution < 1.29 is 14.7 Å². The molecule has 0 radical (unpaired) electrons. The molecule has 1 aromatic rings. The number of aliphatic hydroxyl groups excluding tert-OH is 1. The molecule has 4 heteroatoms. The van der Waals surface area contributed by atoms with Gasteiger partial charge in [0.2, 0.25) is 5.78 Å². The highest BCUT2D eigenvalue weighted by Crippen LogP contribution is 2.15. The molecule has 4 nitrogen and oxygen atoms in total. The molecule has 0 bridgehead atoms. The Morgan fingerprint density at radius 2 is 1.86 bits per heavy atom. The van der Waals surface area contributed by atoms with Crippen LogP contribution < -0.4 is 0 Å². The number of aliphatic hydroxyl groups is 1. The van der Waals surface area contributed by atoms with Crippen molar-refractivity contribution in [3.8, 4) is 0 Å². The minimum absolute atomic E-state index is 0.129. The van der Waals surface area contributed by atoms with Crippen molar-refractivity contribution in [3.05, 3.63) is 41.2 Å². The van der Waals surface area contributed by atoms with Crippen LogP contribution in [0.4, 0.5) is 0 Å². The van der Waals surface area contributed by atoms with Crippen molar-refractivity contribution in [1.29, 1.82) is 0 Å². The van der Waals surface area contributed by atoms with E-state index in [9.17, 15) is 9.59 Å². The number of carbonyl (C=O) groups is 2. The van der Waals surface area contributed by atoms with E-state index >= 15 is 0 Å². The highest BCUT2D eigenvalue weighted by molar-refractivity contribution is 6.21. The van der Waals surface area contributed by atoms with Crippen LogP contribution in [0.2, 0.25) is 0 Å². The first kappa shape index (κ1) is 8.77. The maximum Gasteiger partial charge on any atom is 0.205 e. The van der Waals surface area contributed by atoms with Gasteiger partial charge in [-0.3, -0.25) is 9.59 Å². The molecule has 0 spiro atoms. The fourth-order valence-electron chi connectivity index (χ4n) is 1.29. The third-order valence-corrected chi connectivity index (χ3v) is 2.00. The number of hydrogen-bond acceptors (Lipinski definition) is 4. The quantitative estimate of drug-likeness (QED) is 0.698. The fourth-order valence-corrected chi connectivity index (χ4v) is 1.29. The highest BCUT2D eigenvalue weighted by atomic mass is 16.3. The van der Waals surface area contributed by atoms with Crippen molar-refractivity contribution in [2.75, 3.05) is 0 Å². The van der Waals surface area contributed by atoms with Crippen LogP contribution in [-0.2, 0) is 6.61 Å². The third kappa shape index (κ3) is 1.25. The van der Waals surface area contributed by atoms with Crippen LogP contribution in [-0.4, -0.2) is 21.7 Å². The standard InChI is InChI=1S/C10H7NO3/c12-5-6-1-2-7-8(13)3-4-9(14)10(7)11-6/h1-4,12H,5H2. The van der Waals surface area contributed by atoms with Gasteiger partial charge in [0.25, 0.3) is 0 Å². The van der Waals surface area contributed by atoms with Gasteiger partial charge < -0.3 is 5.11 Å². The Morgan fingerprint density at radius 1 is 1.14 bits per heavy atom. The summed E-state index contributed by atoms with van der Waals surface area (Å²) in [6.07, 6.45) is 2.42. The van der Waals surface area contributed by atoms with Crippen molar-refractivity contribution in [3.63, 3.8) is 0 Å². The molecule has 0 saturated carbocycles. The van der Waals surface area contributed by atoms with Crippen LogP contribution in [0.25, 0.3) is 0 Å². The van der Waals surface area contributed by atoms with Gasteiger partial charge in [-0.1, -0.05) is 0 Å². The molecule has 0 aromatic carbocycles. The van der Waals surface area contributed by atoms with Gasteiger partial charge in [0.05, 0.1) is 17.9 Å². The number of nitrogens with zero attached hydrogens (tertiary/aromatic N) is 1. The van der Waals surface area contributed by atoms with E-state index in [2.05, 4.69) is 4.98 Å². The molecule has 1 aromatic heterocycles. The average Bonchev–Trinajstić information content (AvgIpc) is 2.23. The Hall–Kier alpha value is -1.81. The lowest BCUT2D eigenvalue weighted by Crippen LogP contribution is -2.14. The van der Waals surface area contributed by atoms with Crippen LogP contribution >= 0.6 is 0 Å². The lowest BCUT2D eigenvalue weighted by atomic mass is 10.00. The smallest absolute Gasteiger partial charge is 0.205 e. The Bertz CT molecular complexity index is 449.